The number of hydrogen-bond donors (Lipinski definition) is 1. The minimum Gasteiger partial charge on any atom is -0.481 e. The van der Waals surface area contributed by atoms with Crippen molar-refractivity contribution in [3.05, 3.63) is 34.9 Å². The van der Waals surface area contributed by atoms with Crippen LogP contribution in [-0.4, -0.2) is 11.1 Å². The molecule has 2 nitrogen and oxygen atoms in total. The van der Waals surface area contributed by atoms with Crippen molar-refractivity contribution in [3.63, 3.8) is 0 Å². The van der Waals surface area contributed by atoms with Gasteiger partial charge in [0.1, 0.15) is 0 Å². The number of carboxylic acids is 1. The summed E-state index contributed by atoms with van der Waals surface area (Å²) in [6, 6.07) is 6.51. The average Bonchev–Trinajstić information content (AvgIpc) is 2.36. The molecule has 0 amide bonds. The lowest BCUT2D eigenvalue weighted by atomic mass is 9.68. The third-order valence-electron chi connectivity index (χ3n) is 4.82. The second-order valence-electron chi connectivity index (χ2n) is 6.79. The van der Waals surface area contributed by atoms with E-state index in [9.17, 15) is 9.90 Å². The smallest absolute Gasteiger partial charge is 0.307 e. The minimum absolute atomic E-state index is 0.173. The Bertz CT molecular complexity index is 470. The van der Waals surface area contributed by atoms with Gasteiger partial charge >= 0.3 is 5.97 Å². The Morgan fingerprint density at radius 3 is 2.25 bits per heavy atom. The van der Waals surface area contributed by atoms with Crippen LogP contribution in [0.5, 0.6) is 0 Å². The van der Waals surface area contributed by atoms with E-state index < -0.39 is 5.97 Å². The Balaban J connectivity index is 2.33. The van der Waals surface area contributed by atoms with Crippen LogP contribution in [0.1, 0.15) is 55.7 Å². The first-order valence-electron chi connectivity index (χ1n) is 7.69. The molecule has 1 saturated carbocycles. The van der Waals surface area contributed by atoms with Crippen molar-refractivity contribution in [2.75, 3.05) is 0 Å². The molecule has 2 rings (SSSR count). The van der Waals surface area contributed by atoms with Crippen molar-refractivity contribution in [3.8, 4) is 0 Å². The predicted molar refractivity (Wildman–Crippen MR) is 82.0 cm³/mol. The van der Waals surface area contributed by atoms with Gasteiger partial charge in [0, 0.05) is 0 Å². The quantitative estimate of drug-likeness (QED) is 0.878. The van der Waals surface area contributed by atoms with E-state index in [1.807, 2.05) is 0 Å². The fraction of sp³-hybridized carbons (Fsp3) is 0.611. The summed E-state index contributed by atoms with van der Waals surface area (Å²) in [7, 11) is 0. The van der Waals surface area contributed by atoms with Gasteiger partial charge in [-0.2, -0.15) is 0 Å². The topological polar surface area (TPSA) is 37.3 Å². The maximum Gasteiger partial charge on any atom is 0.307 e. The van der Waals surface area contributed by atoms with Gasteiger partial charge in [-0.05, 0) is 56.4 Å². The van der Waals surface area contributed by atoms with E-state index in [-0.39, 0.29) is 11.8 Å². The maximum atomic E-state index is 11.6. The number of aryl methyl sites for hydroxylation is 2. The highest BCUT2D eigenvalue weighted by molar-refractivity contribution is 5.71. The zero-order chi connectivity index (χ0) is 14.9. The van der Waals surface area contributed by atoms with Gasteiger partial charge in [0.05, 0.1) is 5.92 Å². The summed E-state index contributed by atoms with van der Waals surface area (Å²) in [5.74, 6) is 0.615. The van der Waals surface area contributed by atoms with Crippen LogP contribution in [0.2, 0.25) is 0 Å². The lowest BCUT2D eigenvalue weighted by molar-refractivity contribution is -0.144. The molecule has 110 valence electrons. The second kappa shape index (κ2) is 5.99. The molecule has 2 heteroatoms. The monoisotopic (exact) mass is 274 g/mol. The summed E-state index contributed by atoms with van der Waals surface area (Å²) in [4.78, 5) is 11.6. The van der Waals surface area contributed by atoms with Gasteiger partial charge in [0.2, 0.25) is 0 Å². The molecular formula is C18H26O2. The molecule has 1 aromatic carbocycles. The molecule has 3 unspecified atom stereocenters. The molecule has 1 aliphatic carbocycles. The molecule has 3 atom stereocenters. The third-order valence-corrected chi connectivity index (χ3v) is 4.82. The number of aliphatic carboxylic acids is 1. The van der Waals surface area contributed by atoms with Gasteiger partial charge < -0.3 is 5.11 Å². The lowest BCUT2D eigenvalue weighted by Crippen LogP contribution is -2.31. The van der Waals surface area contributed by atoms with Gasteiger partial charge in [-0.25, -0.2) is 0 Å². The van der Waals surface area contributed by atoms with Gasteiger partial charge in [-0.3, -0.25) is 4.79 Å². The van der Waals surface area contributed by atoms with Crippen molar-refractivity contribution in [2.24, 2.45) is 17.8 Å². The summed E-state index contributed by atoms with van der Waals surface area (Å²) >= 11 is 0. The van der Waals surface area contributed by atoms with E-state index in [2.05, 4.69) is 45.9 Å². The third kappa shape index (κ3) is 3.23. The van der Waals surface area contributed by atoms with E-state index in [0.29, 0.717) is 11.8 Å². The average molecular weight is 274 g/mol. The van der Waals surface area contributed by atoms with Crippen molar-refractivity contribution in [1.29, 1.82) is 0 Å². The Morgan fingerprint density at radius 2 is 1.75 bits per heavy atom. The molecular weight excluding hydrogens is 248 g/mol. The highest BCUT2D eigenvalue weighted by Gasteiger charge is 2.36. The standard InChI is InChI=1S/C18H26O2/c1-11(2)14-5-6-16(18(19)20)17(10-14)15-8-12(3)7-13(4)9-15/h7-9,11,14,16-17H,5-6,10H2,1-4H3,(H,19,20). The van der Waals surface area contributed by atoms with Crippen molar-refractivity contribution >= 4 is 5.97 Å². The Morgan fingerprint density at radius 1 is 1.15 bits per heavy atom. The van der Waals surface area contributed by atoms with Crippen LogP contribution in [-0.2, 0) is 4.79 Å². The van der Waals surface area contributed by atoms with E-state index >= 15 is 0 Å². The zero-order valence-electron chi connectivity index (χ0n) is 13.0. The Kier molecular flexibility index (Phi) is 4.52. The van der Waals surface area contributed by atoms with E-state index in [4.69, 9.17) is 0 Å². The van der Waals surface area contributed by atoms with Gasteiger partial charge in [-0.1, -0.05) is 43.2 Å². The molecule has 20 heavy (non-hydrogen) atoms. The molecule has 0 heterocycles. The highest BCUT2D eigenvalue weighted by Crippen LogP contribution is 2.43. The number of carboxylic acid groups (broad SMARTS) is 1. The number of hydrogen-bond acceptors (Lipinski definition) is 1. The first-order chi connectivity index (χ1) is 9.38. The van der Waals surface area contributed by atoms with E-state index in [0.717, 1.165) is 19.3 Å². The molecule has 0 saturated heterocycles. The summed E-state index contributed by atoms with van der Waals surface area (Å²) < 4.78 is 0. The van der Waals surface area contributed by atoms with Crippen LogP contribution in [0, 0.1) is 31.6 Å². The number of benzene rings is 1. The van der Waals surface area contributed by atoms with Crippen LogP contribution < -0.4 is 0 Å². The van der Waals surface area contributed by atoms with E-state index in [1.54, 1.807) is 0 Å². The van der Waals surface area contributed by atoms with Crippen LogP contribution in [0.25, 0.3) is 0 Å². The molecule has 1 N–H and O–H groups in total. The van der Waals surface area contributed by atoms with Crippen molar-refractivity contribution in [1.82, 2.24) is 0 Å². The molecule has 0 spiro atoms. The predicted octanol–water partition coefficient (Wildman–Crippen LogP) is 4.54. The first-order valence-corrected chi connectivity index (χ1v) is 7.69. The fourth-order valence-electron chi connectivity index (χ4n) is 3.70. The summed E-state index contributed by atoms with van der Waals surface area (Å²) in [6.07, 6.45) is 2.88. The van der Waals surface area contributed by atoms with Crippen LogP contribution >= 0.6 is 0 Å². The largest absolute Gasteiger partial charge is 0.481 e. The summed E-state index contributed by atoms with van der Waals surface area (Å²) in [5, 5.41) is 9.53. The van der Waals surface area contributed by atoms with Crippen molar-refractivity contribution < 1.29 is 9.90 Å². The van der Waals surface area contributed by atoms with E-state index in [1.165, 1.54) is 16.7 Å². The molecule has 1 aromatic rings. The van der Waals surface area contributed by atoms with Crippen LogP contribution in [0.15, 0.2) is 18.2 Å². The SMILES string of the molecule is Cc1cc(C)cc(C2CC(C(C)C)CCC2C(=O)O)c1. The fourth-order valence-corrected chi connectivity index (χ4v) is 3.70. The molecule has 0 aromatic heterocycles. The van der Waals surface area contributed by atoms with Crippen molar-refractivity contribution in [2.45, 2.75) is 52.9 Å². The summed E-state index contributed by atoms with van der Waals surface area (Å²) in [6.45, 7) is 8.69. The molecule has 0 aliphatic heterocycles. The minimum atomic E-state index is -0.628. The van der Waals surface area contributed by atoms with Gasteiger partial charge in [-0.15, -0.1) is 0 Å². The van der Waals surface area contributed by atoms with Crippen LogP contribution in [0.3, 0.4) is 0 Å². The van der Waals surface area contributed by atoms with Gasteiger partial charge in [0.25, 0.3) is 0 Å². The Hall–Kier alpha value is -1.31. The zero-order valence-corrected chi connectivity index (χ0v) is 13.0. The Labute approximate surface area is 122 Å². The summed E-state index contributed by atoms with van der Waals surface area (Å²) in [5.41, 5.74) is 3.69. The molecule has 1 aliphatic rings. The maximum absolute atomic E-state index is 11.6. The molecule has 0 bridgehead atoms. The number of rotatable bonds is 3. The number of carbonyl (C=O) groups is 1. The van der Waals surface area contributed by atoms with Crippen LogP contribution in [0.4, 0.5) is 0 Å². The lowest BCUT2D eigenvalue weighted by Gasteiger charge is -2.36. The second-order valence-corrected chi connectivity index (χ2v) is 6.79. The first kappa shape index (κ1) is 15.1. The highest BCUT2D eigenvalue weighted by atomic mass is 16.4. The normalized spacial score (nSPS) is 26.8. The molecule has 1 fully saturated rings. The van der Waals surface area contributed by atoms with Gasteiger partial charge in [0.15, 0.2) is 0 Å². The molecule has 0 radical (unpaired) electrons.